The Hall–Kier alpha value is -1.86. The number of aromatic nitrogens is 1. The first-order chi connectivity index (χ1) is 13.0. The van der Waals surface area contributed by atoms with E-state index in [4.69, 9.17) is 9.47 Å². The number of fused-ring (bicyclic) bond motifs is 1. The van der Waals surface area contributed by atoms with Gasteiger partial charge in [0.25, 0.3) is 5.88 Å². The molecule has 0 N–H and O–H groups in total. The number of sulfone groups is 1. The lowest BCUT2D eigenvalue weighted by Gasteiger charge is -2.33. The second kappa shape index (κ2) is 7.64. The molecule has 1 aromatic rings. The number of likely N-dealkylation sites (tertiary alicyclic amines) is 1. The van der Waals surface area contributed by atoms with Gasteiger partial charge in [-0.15, -0.1) is 0 Å². The highest BCUT2D eigenvalue weighted by Gasteiger charge is 2.30. The molecule has 3 aliphatic rings. The van der Waals surface area contributed by atoms with E-state index in [1.54, 1.807) is 6.20 Å². The van der Waals surface area contributed by atoms with Gasteiger partial charge >= 0.3 is 0 Å². The van der Waals surface area contributed by atoms with Crippen molar-refractivity contribution in [2.24, 2.45) is 5.92 Å². The van der Waals surface area contributed by atoms with Gasteiger partial charge in [-0.3, -0.25) is 4.90 Å². The molecule has 0 aromatic carbocycles. The molecule has 1 aromatic heterocycles. The maximum atomic E-state index is 11.7. The third-order valence-corrected chi connectivity index (χ3v) is 7.32. The van der Waals surface area contributed by atoms with Gasteiger partial charge in [0.15, 0.2) is 5.75 Å². The van der Waals surface area contributed by atoms with Crippen molar-refractivity contribution in [3.05, 3.63) is 42.1 Å². The molecule has 3 heterocycles. The number of hydrogen-bond acceptors (Lipinski definition) is 6. The van der Waals surface area contributed by atoms with Crippen LogP contribution in [0, 0.1) is 5.92 Å². The molecule has 2 atom stereocenters. The average molecular weight is 391 g/mol. The second-order valence-corrected chi connectivity index (χ2v) is 9.94. The SMILES string of the molecule is CS(=O)(=O)C1CCN(CC2=CCC([C@H]3COc4cccnc4O3)C=C2)CC1. The molecule has 1 fully saturated rings. The molecule has 0 spiro atoms. The van der Waals surface area contributed by atoms with Crippen LogP contribution in [0.3, 0.4) is 0 Å². The Bertz CT molecular complexity index is 841. The quantitative estimate of drug-likeness (QED) is 0.785. The van der Waals surface area contributed by atoms with E-state index in [2.05, 4.69) is 28.1 Å². The molecular formula is C20H26N2O4S. The Labute approximate surface area is 160 Å². The van der Waals surface area contributed by atoms with Crippen molar-refractivity contribution < 1.29 is 17.9 Å². The molecule has 27 heavy (non-hydrogen) atoms. The van der Waals surface area contributed by atoms with Gasteiger partial charge in [-0.1, -0.05) is 18.2 Å². The van der Waals surface area contributed by atoms with Gasteiger partial charge in [0.1, 0.15) is 22.5 Å². The molecule has 0 amide bonds. The third kappa shape index (κ3) is 4.35. The van der Waals surface area contributed by atoms with Gasteiger partial charge < -0.3 is 9.47 Å². The maximum Gasteiger partial charge on any atom is 0.257 e. The molecule has 4 rings (SSSR count). The van der Waals surface area contributed by atoms with E-state index in [9.17, 15) is 8.42 Å². The molecule has 0 bridgehead atoms. The first-order valence-corrected chi connectivity index (χ1v) is 11.5. The van der Waals surface area contributed by atoms with Gasteiger partial charge in [-0.25, -0.2) is 13.4 Å². The molecule has 2 aliphatic heterocycles. The number of allylic oxidation sites excluding steroid dienone is 1. The summed E-state index contributed by atoms with van der Waals surface area (Å²) in [6.07, 6.45) is 12.1. The van der Waals surface area contributed by atoms with Crippen LogP contribution < -0.4 is 9.47 Å². The van der Waals surface area contributed by atoms with E-state index in [-0.39, 0.29) is 17.3 Å². The van der Waals surface area contributed by atoms with Crippen LogP contribution in [-0.4, -0.2) is 62.2 Å². The van der Waals surface area contributed by atoms with Crippen LogP contribution in [0.2, 0.25) is 0 Å². The molecule has 7 heteroatoms. The lowest BCUT2D eigenvalue weighted by atomic mass is 9.91. The average Bonchev–Trinajstić information content (AvgIpc) is 2.68. The molecule has 1 unspecified atom stereocenters. The lowest BCUT2D eigenvalue weighted by molar-refractivity contribution is 0.0569. The topological polar surface area (TPSA) is 68.7 Å². The summed E-state index contributed by atoms with van der Waals surface area (Å²) in [4.78, 5) is 6.59. The Morgan fingerprint density at radius 1 is 1.30 bits per heavy atom. The van der Waals surface area contributed by atoms with Gasteiger partial charge in [0, 0.05) is 24.9 Å². The third-order valence-electron chi connectivity index (χ3n) is 5.64. The zero-order valence-electron chi connectivity index (χ0n) is 15.6. The minimum absolute atomic E-state index is 0.0213. The fraction of sp³-hybridized carbons (Fsp3) is 0.550. The van der Waals surface area contributed by atoms with Crippen LogP contribution in [0.25, 0.3) is 0 Å². The zero-order chi connectivity index (χ0) is 18.9. The van der Waals surface area contributed by atoms with Crippen molar-refractivity contribution in [2.75, 3.05) is 32.5 Å². The van der Waals surface area contributed by atoms with Gasteiger partial charge in [-0.2, -0.15) is 0 Å². The summed E-state index contributed by atoms with van der Waals surface area (Å²) in [5.41, 5.74) is 1.29. The number of rotatable bonds is 4. The van der Waals surface area contributed by atoms with Gasteiger partial charge in [0.2, 0.25) is 0 Å². The summed E-state index contributed by atoms with van der Waals surface area (Å²) in [5.74, 6) is 1.56. The molecule has 0 radical (unpaired) electrons. The van der Waals surface area contributed by atoms with E-state index >= 15 is 0 Å². The summed E-state index contributed by atoms with van der Waals surface area (Å²) < 4.78 is 35.1. The lowest BCUT2D eigenvalue weighted by Crippen LogP contribution is -2.40. The van der Waals surface area contributed by atoms with Crippen LogP contribution >= 0.6 is 0 Å². The molecule has 0 saturated carbocycles. The number of ether oxygens (including phenoxy) is 2. The minimum Gasteiger partial charge on any atom is -0.484 e. The van der Waals surface area contributed by atoms with Crippen molar-refractivity contribution >= 4 is 9.84 Å². The first kappa shape index (κ1) is 18.5. The Balaban J connectivity index is 1.28. The van der Waals surface area contributed by atoms with Crippen LogP contribution in [0.1, 0.15) is 19.3 Å². The summed E-state index contributed by atoms with van der Waals surface area (Å²) >= 11 is 0. The van der Waals surface area contributed by atoms with E-state index in [1.165, 1.54) is 11.8 Å². The van der Waals surface area contributed by atoms with E-state index < -0.39 is 9.84 Å². The Morgan fingerprint density at radius 3 is 2.81 bits per heavy atom. The van der Waals surface area contributed by atoms with E-state index in [0.29, 0.717) is 18.2 Å². The van der Waals surface area contributed by atoms with E-state index in [0.717, 1.165) is 38.9 Å². The van der Waals surface area contributed by atoms with Gasteiger partial charge in [-0.05, 0) is 50.1 Å². The predicted molar refractivity (Wildman–Crippen MR) is 104 cm³/mol. The van der Waals surface area contributed by atoms with Crippen LogP contribution in [0.15, 0.2) is 42.1 Å². The number of piperidine rings is 1. The summed E-state index contributed by atoms with van der Waals surface area (Å²) in [5, 5.41) is -0.172. The van der Waals surface area contributed by atoms with Crippen molar-refractivity contribution in [3.8, 4) is 11.6 Å². The first-order valence-electron chi connectivity index (χ1n) is 9.52. The van der Waals surface area contributed by atoms with Gasteiger partial charge in [0.05, 0.1) is 5.25 Å². The standard InChI is InChI=1S/C20H26N2O4S/c1-27(23,24)17-8-11-22(12-9-17)13-15-4-6-16(7-5-15)19-14-25-18-3-2-10-21-20(18)26-19/h2-6,10,16-17,19H,7-9,11-14H2,1H3/t16?,19-/m1/s1. The van der Waals surface area contributed by atoms with Crippen molar-refractivity contribution in [1.29, 1.82) is 0 Å². The monoisotopic (exact) mass is 390 g/mol. The molecule has 1 saturated heterocycles. The molecular weight excluding hydrogens is 364 g/mol. The zero-order valence-corrected chi connectivity index (χ0v) is 16.4. The van der Waals surface area contributed by atoms with Crippen molar-refractivity contribution in [1.82, 2.24) is 9.88 Å². The number of nitrogens with zero attached hydrogens (tertiary/aromatic N) is 2. The second-order valence-electron chi connectivity index (χ2n) is 7.62. The van der Waals surface area contributed by atoms with Crippen LogP contribution in [0.4, 0.5) is 0 Å². The highest BCUT2D eigenvalue weighted by molar-refractivity contribution is 7.91. The minimum atomic E-state index is -2.91. The molecule has 1 aliphatic carbocycles. The summed E-state index contributed by atoms with van der Waals surface area (Å²) in [7, 11) is -2.91. The predicted octanol–water partition coefficient (Wildman–Crippen LogP) is 2.23. The number of hydrogen-bond donors (Lipinski definition) is 0. The Morgan fingerprint density at radius 2 is 2.11 bits per heavy atom. The summed E-state index contributed by atoms with van der Waals surface area (Å²) in [6.45, 7) is 3.10. The van der Waals surface area contributed by atoms with E-state index in [1.807, 2.05) is 12.1 Å². The fourth-order valence-corrected chi connectivity index (χ4v) is 5.03. The Kier molecular flexibility index (Phi) is 5.23. The fourth-order valence-electron chi connectivity index (χ4n) is 3.96. The highest BCUT2D eigenvalue weighted by atomic mass is 32.2. The number of pyridine rings is 1. The summed E-state index contributed by atoms with van der Waals surface area (Å²) in [6, 6.07) is 3.72. The van der Waals surface area contributed by atoms with Crippen LogP contribution in [0.5, 0.6) is 11.6 Å². The van der Waals surface area contributed by atoms with Crippen LogP contribution in [-0.2, 0) is 9.84 Å². The van der Waals surface area contributed by atoms with Crippen molar-refractivity contribution in [2.45, 2.75) is 30.6 Å². The van der Waals surface area contributed by atoms with Crippen molar-refractivity contribution in [3.63, 3.8) is 0 Å². The molecule has 6 nitrogen and oxygen atoms in total. The normalized spacial score (nSPS) is 26.6. The highest BCUT2D eigenvalue weighted by Crippen LogP contribution is 2.33. The smallest absolute Gasteiger partial charge is 0.257 e. The molecule has 146 valence electrons. The largest absolute Gasteiger partial charge is 0.484 e. The maximum absolute atomic E-state index is 11.7.